The number of pyridine rings is 1. The van der Waals surface area contributed by atoms with Gasteiger partial charge in [-0.3, -0.25) is 4.98 Å². The first kappa shape index (κ1) is 19.7. The topological polar surface area (TPSA) is 103 Å². The maximum Gasteiger partial charge on any atom is 0.177 e. The third-order valence-electron chi connectivity index (χ3n) is 4.45. The second kappa shape index (κ2) is 8.03. The standard InChI is InChI=1S/C21H20N6O2S/c1-3-16-12-20(26-21(25-16)15-8-10-22-11-9-15)24-17-13-23-27(14-17)18-6-4-5-7-19(18)30(2,28)29/h4-14H,3H2,1-2H3,(H,24,25,26). The van der Waals surface area contributed by atoms with E-state index in [0.29, 0.717) is 23.0 Å². The average molecular weight is 420 g/mol. The molecule has 4 rings (SSSR count). The summed E-state index contributed by atoms with van der Waals surface area (Å²) < 4.78 is 25.7. The van der Waals surface area contributed by atoms with Crippen LogP contribution in [-0.2, 0) is 16.3 Å². The number of nitrogens with zero attached hydrogens (tertiary/aromatic N) is 5. The second-order valence-electron chi connectivity index (χ2n) is 6.70. The lowest BCUT2D eigenvalue weighted by molar-refractivity contribution is 0.600. The van der Waals surface area contributed by atoms with Crippen molar-refractivity contribution in [1.82, 2.24) is 24.7 Å². The van der Waals surface area contributed by atoms with Gasteiger partial charge in [-0.25, -0.2) is 23.1 Å². The minimum atomic E-state index is -3.38. The van der Waals surface area contributed by atoms with E-state index in [1.54, 1.807) is 49.1 Å². The van der Waals surface area contributed by atoms with Gasteiger partial charge in [-0.15, -0.1) is 0 Å². The predicted molar refractivity (Wildman–Crippen MR) is 115 cm³/mol. The molecule has 0 saturated heterocycles. The highest BCUT2D eigenvalue weighted by molar-refractivity contribution is 7.90. The lowest BCUT2D eigenvalue weighted by atomic mass is 10.2. The summed E-state index contributed by atoms with van der Waals surface area (Å²) in [6.45, 7) is 2.03. The van der Waals surface area contributed by atoms with Gasteiger partial charge in [0.25, 0.3) is 0 Å². The van der Waals surface area contributed by atoms with Crippen molar-refractivity contribution in [2.24, 2.45) is 0 Å². The van der Waals surface area contributed by atoms with E-state index < -0.39 is 9.84 Å². The third kappa shape index (κ3) is 4.20. The number of nitrogens with one attached hydrogen (secondary N) is 1. The molecule has 0 unspecified atom stereocenters. The second-order valence-corrected chi connectivity index (χ2v) is 8.68. The van der Waals surface area contributed by atoms with Crippen LogP contribution in [0.25, 0.3) is 17.1 Å². The molecule has 0 bridgehead atoms. The minimum Gasteiger partial charge on any atom is -0.338 e. The van der Waals surface area contributed by atoms with Crippen LogP contribution in [0.1, 0.15) is 12.6 Å². The monoisotopic (exact) mass is 420 g/mol. The zero-order chi connectivity index (χ0) is 21.1. The maximum atomic E-state index is 12.1. The van der Waals surface area contributed by atoms with Crippen LogP contribution in [0.4, 0.5) is 11.5 Å². The molecule has 0 aliphatic carbocycles. The summed E-state index contributed by atoms with van der Waals surface area (Å²) in [5.74, 6) is 1.23. The van der Waals surface area contributed by atoms with Gasteiger partial charge in [-0.2, -0.15) is 5.10 Å². The van der Waals surface area contributed by atoms with Crippen LogP contribution >= 0.6 is 0 Å². The Labute approximate surface area is 174 Å². The molecule has 0 aliphatic rings. The number of anilines is 2. The van der Waals surface area contributed by atoms with Gasteiger partial charge in [-0.05, 0) is 30.7 Å². The normalized spacial score (nSPS) is 11.4. The molecule has 1 N–H and O–H groups in total. The molecular formula is C21H20N6O2S. The van der Waals surface area contributed by atoms with Crippen LogP contribution in [0.3, 0.4) is 0 Å². The fraction of sp³-hybridized carbons (Fsp3) is 0.143. The number of rotatable bonds is 6. The largest absolute Gasteiger partial charge is 0.338 e. The quantitative estimate of drug-likeness (QED) is 0.510. The van der Waals surface area contributed by atoms with Gasteiger partial charge in [0.1, 0.15) is 5.82 Å². The van der Waals surface area contributed by atoms with Crippen molar-refractivity contribution in [1.29, 1.82) is 0 Å². The van der Waals surface area contributed by atoms with E-state index >= 15 is 0 Å². The molecule has 1 aromatic carbocycles. The average Bonchev–Trinajstić information content (AvgIpc) is 3.22. The highest BCUT2D eigenvalue weighted by Gasteiger charge is 2.15. The SMILES string of the molecule is CCc1cc(Nc2cnn(-c3ccccc3S(C)(=O)=O)c2)nc(-c2ccncc2)n1. The van der Waals surface area contributed by atoms with E-state index in [2.05, 4.69) is 25.4 Å². The molecule has 0 saturated carbocycles. The first-order valence-corrected chi connectivity index (χ1v) is 11.2. The highest BCUT2D eigenvalue weighted by atomic mass is 32.2. The summed E-state index contributed by atoms with van der Waals surface area (Å²) in [6, 6.07) is 12.4. The van der Waals surface area contributed by atoms with Gasteiger partial charge in [0.2, 0.25) is 0 Å². The van der Waals surface area contributed by atoms with E-state index in [9.17, 15) is 8.42 Å². The third-order valence-corrected chi connectivity index (χ3v) is 5.59. The maximum absolute atomic E-state index is 12.1. The summed E-state index contributed by atoms with van der Waals surface area (Å²) in [6.07, 6.45) is 8.70. The molecule has 0 radical (unpaired) electrons. The number of benzene rings is 1. The highest BCUT2D eigenvalue weighted by Crippen LogP contribution is 2.23. The van der Waals surface area contributed by atoms with Crippen LogP contribution in [0, 0.1) is 0 Å². The molecule has 30 heavy (non-hydrogen) atoms. The molecule has 4 aromatic rings. The van der Waals surface area contributed by atoms with Crippen molar-refractivity contribution in [3.63, 3.8) is 0 Å². The van der Waals surface area contributed by atoms with Crippen LogP contribution < -0.4 is 5.32 Å². The van der Waals surface area contributed by atoms with Gasteiger partial charge in [0, 0.05) is 36.0 Å². The van der Waals surface area contributed by atoms with Crippen LogP contribution in [-0.4, -0.2) is 39.4 Å². The number of aryl methyl sites for hydroxylation is 1. The Hall–Kier alpha value is -3.59. The van der Waals surface area contributed by atoms with Crippen molar-refractivity contribution in [3.05, 3.63) is 72.9 Å². The van der Waals surface area contributed by atoms with E-state index in [0.717, 1.165) is 17.7 Å². The van der Waals surface area contributed by atoms with Gasteiger partial charge < -0.3 is 5.32 Å². The van der Waals surface area contributed by atoms with Crippen LogP contribution in [0.15, 0.2) is 72.1 Å². The fourth-order valence-electron chi connectivity index (χ4n) is 3.00. The molecule has 3 heterocycles. The first-order chi connectivity index (χ1) is 14.4. The number of sulfone groups is 1. The summed E-state index contributed by atoms with van der Waals surface area (Å²) in [5, 5.41) is 7.56. The van der Waals surface area contributed by atoms with Gasteiger partial charge >= 0.3 is 0 Å². The molecule has 152 valence electrons. The molecule has 3 aromatic heterocycles. The van der Waals surface area contributed by atoms with Crippen LogP contribution in [0.2, 0.25) is 0 Å². The Kier molecular flexibility index (Phi) is 5.28. The van der Waals surface area contributed by atoms with Crippen molar-refractivity contribution in [2.75, 3.05) is 11.6 Å². The van der Waals surface area contributed by atoms with Crippen molar-refractivity contribution < 1.29 is 8.42 Å². The number of hydrogen-bond donors (Lipinski definition) is 1. The zero-order valence-corrected chi connectivity index (χ0v) is 17.3. The summed E-state index contributed by atoms with van der Waals surface area (Å²) >= 11 is 0. The summed E-state index contributed by atoms with van der Waals surface area (Å²) in [4.78, 5) is 13.4. The van der Waals surface area contributed by atoms with Crippen molar-refractivity contribution in [2.45, 2.75) is 18.2 Å². The number of aromatic nitrogens is 5. The van der Waals surface area contributed by atoms with Crippen molar-refractivity contribution in [3.8, 4) is 17.1 Å². The van der Waals surface area contributed by atoms with E-state index in [4.69, 9.17) is 0 Å². The predicted octanol–water partition coefficient (Wildman–Crippen LogP) is 3.43. The van der Waals surface area contributed by atoms with Gasteiger partial charge in [-0.1, -0.05) is 19.1 Å². The Morgan fingerprint density at radius 1 is 1.07 bits per heavy atom. The van der Waals surface area contributed by atoms with E-state index in [1.807, 2.05) is 25.1 Å². The molecule has 0 atom stereocenters. The summed E-state index contributed by atoms with van der Waals surface area (Å²) in [7, 11) is -3.38. The lowest BCUT2D eigenvalue weighted by Gasteiger charge is -2.09. The molecule has 0 aliphatic heterocycles. The van der Waals surface area contributed by atoms with Gasteiger partial charge in [0.05, 0.1) is 28.7 Å². The molecule has 9 heteroatoms. The zero-order valence-electron chi connectivity index (χ0n) is 16.5. The van der Waals surface area contributed by atoms with Crippen LogP contribution in [0.5, 0.6) is 0 Å². The lowest BCUT2D eigenvalue weighted by Crippen LogP contribution is -2.05. The Bertz CT molecular complexity index is 1290. The van der Waals surface area contributed by atoms with Gasteiger partial charge in [0.15, 0.2) is 15.7 Å². The smallest absolute Gasteiger partial charge is 0.177 e. The number of para-hydroxylation sites is 1. The minimum absolute atomic E-state index is 0.218. The Morgan fingerprint density at radius 3 is 2.57 bits per heavy atom. The summed E-state index contributed by atoms with van der Waals surface area (Å²) in [5.41, 5.74) is 2.94. The molecule has 0 amide bonds. The van der Waals surface area contributed by atoms with Crippen molar-refractivity contribution >= 4 is 21.3 Å². The molecule has 8 nitrogen and oxygen atoms in total. The molecule has 0 spiro atoms. The fourth-order valence-corrected chi connectivity index (χ4v) is 3.87. The molecule has 0 fully saturated rings. The Morgan fingerprint density at radius 2 is 1.83 bits per heavy atom. The number of hydrogen-bond acceptors (Lipinski definition) is 7. The Balaban J connectivity index is 1.67. The first-order valence-electron chi connectivity index (χ1n) is 9.33. The van der Waals surface area contributed by atoms with E-state index in [-0.39, 0.29) is 4.90 Å². The molecular weight excluding hydrogens is 400 g/mol. The van der Waals surface area contributed by atoms with E-state index in [1.165, 1.54) is 10.9 Å².